The van der Waals surface area contributed by atoms with Gasteiger partial charge in [-0.05, 0) is 52.7 Å². The van der Waals surface area contributed by atoms with Crippen molar-refractivity contribution in [2.45, 2.75) is 13.5 Å². The van der Waals surface area contributed by atoms with Gasteiger partial charge in [0.1, 0.15) is 5.75 Å². The lowest BCUT2D eigenvalue weighted by Gasteiger charge is -2.08. The Kier molecular flexibility index (Phi) is 5.16. The fraction of sp³-hybridized carbons (Fsp3) is 0.200. The van der Waals surface area contributed by atoms with Crippen LogP contribution in [-0.4, -0.2) is 11.5 Å². The van der Waals surface area contributed by atoms with Crippen LogP contribution in [0.1, 0.15) is 12.5 Å². The van der Waals surface area contributed by atoms with E-state index in [4.69, 9.17) is 4.74 Å². The third kappa shape index (κ3) is 4.19. The number of anilines is 1. The van der Waals surface area contributed by atoms with Gasteiger partial charge in [-0.1, -0.05) is 12.1 Å². The van der Waals surface area contributed by atoms with Gasteiger partial charge in [0.25, 0.3) is 5.69 Å². The van der Waals surface area contributed by atoms with Crippen molar-refractivity contribution < 1.29 is 9.66 Å². The van der Waals surface area contributed by atoms with Crippen molar-refractivity contribution in [3.8, 4) is 5.75 Å². The maximum absolute atomic E-state index is 10.7. The van der Waals surface area contributed by atoms with E-state index in [1.165, 1.54) is 6.07 Å². The molecule has 0 saturated carbocycles. The molecule has 21 heavy (non-hydrogen) atoms. The number of halogens is 1. The number of nitrogens with zero attached hydrogens (tertiary/aromatic N) is 1. The van der Waals surface area contributed by atoms with Crippen LogP contribution >= 0.6 is 15.9 Å². The third-order valence-corrected chi connectivity index (χ3v) is 3.51. The molecule has 0 aliphatic heterocycles. The van der Waals surface area contributed by atoms with Gasteiger partial charge in [0.15, 0.2) is 0 Å². The van der Waals surface area contributed by atoms with Crippen LogP contribution in [0.5, 0.6) is 5.75 Å². The summed E-state index contributed by atoms with van der Waals surface area (Å²) in [5, 5.41) is 14.0. The molecule has 110 valence electrons. The Labute approximate surface area is 131 Å². The lowest BCUT2D eigenvalue weighted by molar-refractivity contribution is -0.385. The van der Waals surface area contributed by atoms with E-state index in [0.717, 1.165) is 17.0 Å². The molecule has 0 amide bonds. The van der Waals surface area contributed by atoms with Gasteiger partial charge in [-0.3, -0.25) is 10.1 Å². The molecule has 0 aromatic heterocycles. The van der Waals surface area contributed by atoms with Crippen LogP contribution in [0.4, 0.5) is 11.4 Å². The number of rotatable bonds is 6. The predicted octanol–water partition coefficient (Wildman–Crippen LogP) is 4.37. The van der Waals surface area contributed by atoms with Crippen LogP contribution in [0.2, 0.25) is 0 Å². The van der Waals surface area contributed by atoms with Gasteiger partial charge in [0.2, 0.25) is 0 Å². The molecule has 2 aromatic carbocycles. The molecular formula is C15H15BrN2O3. The second-order valence-electron chi connectivity index (χ2n) is 4.35. The fourth-order valence-corrected chi connectivity index (χ4v) is 2.36. The van der Waals surface area contributed by atoms with E-state index in [2.05, 4.69) is 21.2 Å². The normalized spacial score (nSPS) is 10.2. The topological polar surface area (TPSA) is 64.4 Å². The Morgan fingerprint density at radius 1 is 1.24 bits per heavy atom. The van der Waals surface area contributed by atoms with Gasteiger partial charge in [0.05, 0.1) is 16.0 Å². The van der Waals surface area contributed by atoms with E-state index in [9.17, 15) is 10.1 Å². The monoisotopic (exact) mass is 350 g/mol. The third-order valence-electron chi connectivity index (χ3n) is 2.88. The summed E-state index contributed by atoms with van der Waals surface area (Å²) in [6.07, 6.45) is 0. The van der Waals surface area contributed by atoms with Crippen LogP contribution in [-0.2, 0) is 6.54 Å². The largest absolute Gasteiger partial charge is 0.494 e. The van der Waals surface area contributed by atoms with Crippen LogP contribution in [0.15, 0.2) is 46.9 Å². The molecule has 1 N–H and O–H groups in total. The molecule has 0 unspecified atom stereocenters. The number of nitrogens with one attached hydrogen (secondary N) is 1. The summed E-state index contributed by atoms with van der Waals surface area (Å²) >= 11 is 3.20. The molecule has 0 aliphatic rings. The van der Waals surface area contributed by atoms with Crippen LogP contribution in [0.25, 0.3) is 0 Å². The molecule has 0 aliphatic carbocycles. The average molecular weight is 351 g/mol. The smallest absolute Gasteiger partial charge is 0.283 e. The lowest BCUT2D eigenvalue weighted by Crippen LogP contribution is -2.00. The van der Waals surface area contributed by atoms with E-state index in [-0.39, 0.29) is 5.69 Å². The highest BCUT2D eigenvalue weighted by molar-refractivity contribution is 9.10. The van der Waals surface area contributed by atoms with Gasteiger partial charge < -0.3 is 10.1 Å². The van der Waals surface area contributed by atoms with Crippen molar-refractivity contribution in [1.29, 1.82) is 0 Å². The number of hydrogen-bond donors (Lipinski definition) is 1. The van der Waals surface area contributed by atoms with E-state index in [1.807, 2.05) is 31.2 Å². The van der Waals surface area contributed by atoms with Gasteiger partial charge in [-0.25, -0.2) is 0 Å². The zero-order valence-corrected chi connectivity index (χ0v) is 13.1. The lowest BCUT2D eigenvalue weighted by atomic mass is 10.2. The van der Waals surface area contributed by atoms with Gasteiger partial charge >= 0.3 is 0 Å². The first-order chi connectivity index (χ1) is 10.1. The zero-order valence-electron chi connectivity index (χ0n) is 11.5. The van der Waals surface area contributed by atoms with Gasteiger partial charge in [-0.2, -0.15) is 0 Å². The Morgan fingerprint density at radius 3 is 2.52 bits per heavy atom. The molecule has 2 aromatic rings. The minimum atomic E-state index is -0.416. The Balaban J connectivity index is 1.99. The molecule has 6 heteroatoms. The Hall–Kier alpha value is -2.08. The fourth-order valence-electron chi connectivity index (χ4n) is 1.84. The van der Waals surface area contributed by atoms with Crippen molar-refractivity contribution >= 4 is 27.3 Å². The number of nitro groups is 1. The summed E-state index contributed by atoms with van der Waals surface area (Å²) in [5.74, 6) is 0.847. The van der Waals surface area contributed by atoms with E-state index in [1.54, 1.807) is 12.1 Å². The standard InChI is InChI=1S/C15H15BrN2O3/c1-2-21-13-6-3-11(4-7-13)10-17-12-5-8-15(18(19)20)14(16)9-12/h3-9,17H,2,10H2,1H3. The SMILES string of the molecule is CCOc1ccc(CNc2ccc([N+](=O)[O-])c(Br)c2)cc1. The second kappa shape index (κ2) is 7.08. The summed E-state index contributed by atoms with van der Waals surface area (Å²) in [7, 11) is 0. The molecule has 0 saturated heterocycles. The summed E-state index contributed by atoms with van der Waals surface area (Å²) in [5.41, 5.74) is 1.98. The Morgan fingerprint density at radius 2 is 1.95 bits per heavy atom. The molecule has 0 fully saturated rings. The molecule has 5 nitrogen and oxygen atoms in total. The van der Waals surface area contributed by atoms with E-state index in [0.29, 0.717) is 17.6 Å². The van der Waals surface area contributed by atoms with Crippen molar-refractivity contribution in [2.24, 2.45) is 0 Å². The van der Waals surface area contributed by atoms with Crippen molar-refractivity contribution in [1.82, 2.24) is 0 Å². The second-order valence-corrected chi connectivity index (χ2v) is 5.21. The molecular weight excluding hydrogens is 336 g/mol. The highest BCUT2D eigenvalue weighted by Crippen LogP contribution is 2.27. The van der Waals surface area contributed by atoms with Crippen molar-refractivity contribution in [3.05, 3.63) is 62.6 Å². The van der Waals surface area contributed by atoms with E-state index >= 15 is 0 Å². The first-order valence-corrected chi connectivity index (χ1v) is 7.29. The van der Waals surface area contributed by atoms with Crippen LogP contribution in [0.3, 0.4) is 0 Å². The minimum Gasteiger partial charge on any atom is -0.494 e. The number of hydrogen-bond acceptors (Lipinski definition) is 4. The maximum atomic E-state index is 10.7. The van der Waals surface area contributed by atoms with Crippen LogP contribution < -0.4 is 10.1 Å². The predicted molar refractivity (Wildman–Crippen MR) is 85.7 cm³/mol. The highest BCUT2D eigenvalue weighted by Gasteiger charge is 2.11. The van der Waals surface area contributed by atoms with E-state index < -0.39 is 4.92 Å². The quantitative estimate of drug-likeness (QED) is 0.620. The molecule has 2 rings (SSSR count). The molecule has 0 heterocycles. The van der Waals surface area contributed by atoms with Gasteiger partial charge in [0, 0.05) is 18.3 Å². The first-order valence-electron chi connectivity index (χ1n) is 6.49. The average Bonchev–Trinajstić information content (AvgIpc) is 2.46. The summed E-state index contributed by atoms with van der Waals surface area (Å²) in [6, 6.07) is 12.7. The van der Waals surface area contributed by atoms with Crippen molar-refractivity contribution in [3.63, 3.8) is 0 Å². The first kappa shape index (κ1) is 15.3. The number of benzene rings is 2. The summed E-state index contributed by atoms with van der Waals surface area (Å²) < 4.78 is 5.85. The highest BCUT2D eigenvalue weighted by atomic mass is 79.9. The molecule has 0 atom stereocenters. The van der Waals surface area contributed by atoms with Crippen LogP contribution in [0, 0.1) is 10.1 Å². The molecule has 0 spiro atoms. The van der Waals surface area contributed by atoms with Crippen molar-refractivity contribution in [2.75, 3.05) is 11.9 Å². The molecule has 0 radical (unpaired) electrons. The maximum Gasteiger partial charge on any atom is 0.283 e. The minimum absolute atomic E-state index is 0.0571. The summed E-state index contributed by atoms with van der Waals surface area (Å²) in [4.78, 5) is 10.3. The zero-order chi connectivity index (χ0) is 15.2. The molecule has 0 bridgehead atoms. The summed E-state index contributed by atoms with van der Waals surface area (Å²) in [6.45, 7) is 3.23. The number of nitro benzene ring substituents is 1. The Bertz CT molecular complexity index is 629. The number of ether oxygens (including phenoxy) is 1. The van der Waals surface area contributed by atoms with Gasteiger partial charge in [-0.15, -0.1) is 0 Å².